The van der Waals surface area contributed by atoms with Crippen molar-refractivity contribution in [2.75, 3.05) is 0 Å². The van der Waals surface area contributed by atoms with E-state index in [4.69, 9.17) is 5.73 Å². The average molecular weight is 175 g/mol. The van der Waals surface area contributed by atoms with Crippen LogP contribution in [0.25, 0.3) is 0 Å². The van der Waals surface area contributed by atoms with Gasteiger partial charge in [0, 0.05) is 6.42 Å². The van der Waals surface area contributed by atoms with Gasteiger partial charge in [0.1, 0.15) is 0 Å². The van der Waals surface area contributed by atoms with Crippen LogP contribution in [0.5, 0.6) is 0 Å². The molecule has 2 N–H and O–H groups in total. The Balaban J connectivity index is 0.000000605. The Labute approximate surface area is 73.7 Å². The maximum Gasteiger partial charge on any atom is 0.0943 e. The summed E-state index contributed by atoms with van der Waals surface area (Å²) in [7, 11) is 0. The van der Waals surface area contributed by atoms with Gasteiger partial charge in [-0.15, -0.1) is 12.4 Å². The number of nitrogens with two attached hydrogens (primary N) is 1. The first-order valence-electron chi connectivity index (χ1n) is 4.02. The molecular formula is C8H15ClN2. The minimum absolute atomic E-state index is 0. The molecule has 0 aromatic rings. The molecule has 0 aromatic heterocycles. The fourth-order valence-corrected chi connectivity index (χ4v) is 2.24. The summed E-state index contributed by atoms with van der Waals surface area (Å²) >= 11 is 0. The SMILES string of the molecule is CC1CC(N)=N[C@@H]2C(C)[C@@H]12.Cl. The van der Waals surface area contributed by atoms with Gasteiger partial charge in [-0.25, -0.2) is 0 Å². The summed E-state index contributed by atoms with van der Waals surface area (Å²) < 4.78 is 0. The minimum atomic E-state index is 0. The van der Waals surface area contributed by atoms with Gasteiger partial charge in [-0.3, -0.25) is 4.99 Å². The summed E-state index contributed by atoms with van der Waals surface area (Å²) in [6.07, 6.45) is 1.02. The molecule has 0 saturated heterocycles. The van der Waals surface area contributed by atoms with Crippen molar-refractivity contribution in [2.45, 2.75) is 26.3 Å². The van der Waals surface area contributed by atoms with Gasteiger partial charge >= 0.3 is 0 Å². The van der Waals surface area contributed by atoms with E-state index >= 15 is 0 Å². The van der Waals surface area contributed by atoms with Crippen molar-refractivity contribution < 1.29 is 0 Å². The van der Waals surface area contributed by atoms with Gasteiger partial charge in [-0.1, -0.05) is 13.8 Å². The van der Waals surface area contributed by atoms with E-state index in [1.54, 1.807) is 0 Å². The highest BCUT2D eigenvalue weighted by Crippen LogP contribution is 2.50. The molecule has 1 aliphatic heterocycles. The second kappa shape index (κ2) is 2.67. The summed E-state index contributed by atoms with van der Waals surface area (Å²) in [4.78, 5) is 4.38. The molecule has 1 fully saturated rings. The average Bonchev–Trinajstić information content (AvgIpc) is 2.42. The maximum absolute atomic E-state index is 5.65. The van der Waals surface area contributed by atoms with Crippen LogP contribution in [0.1, 0.15) is 20.3 Å². The zero-order valence-corrected chi connectivity index (χ0v) is 7.77. The van der Waals surface area contributed by atoms with Crippen LogP contribution in [0.2, 0.25) is 0 Å². The Hall–Kier alpha value is -0.240. The summed E-state index contributed by atoms with van der Waals surface area (Å²) in [5.74, 6) is 3.30. The number of fused-ring (bicyclic) bond motifs is 1. The topological polar surface area (TPSA) is 38.4 Å². The first kappa shape index (κ1) is 8.85. The first-order chi connectivity index (χ1) is 4.70. The molecule has 0 bridgehead atoms. The van der Waals surface area contributed by atoms with Crippen LogP contribution >= 0.6 is 12.4 Å². The summed E-state index contributed by atoms with van der Waals surface area (Å²) in [6.45, 7) is 4.55. The molecule has 11 heavy (non-hydrogen) atoms. The van der Waals surface area contributed by atoms with Crippen molar-refractivity contribution in [2.24, 2.45) is 28.5 Å². The highest BCUT2D eigenvalue weighted by molar-refractivity contribution is 5.85. The molecule has 3 heteroatoms. The van der Waals surface area contributed by atoms with Gasteiger partial charge in [0.05, 0.1) is 11.9 Å². The monoisotopic (exact) mass is 174 g/mol. The van der Waals surface area contributed by atoms with Crippen LogP contribution < -0.4 is 5.73 Å². The van der Waals surface area contributed by atoms with E-state index in [0.29, 0.717) is 6.04 Å². The third-order valence-corrected chi connectivity index (χ3v) is 2.90. The number of aliphatic imine (C=N–C) groups is 1. The molecule has 1 heterocycles. The number of hydrogen-bond donors (Lipinski definition) is 1. The Kier molecular flexibility index (Phi) is 2.15. The lowest BCUT2D eigenvalue weighted by Crippen LogP contribution is -2.22. The lowest BCUT2D eigenvalue weighted by molar-refractivity contribution is 0.481. The van der Waals surface area contributed by atoms with Gasteiger partial charge in [-0.05, 0) is 17.8 Å². The van der Waals surface area contributed by atoms with Crippen LogP contribution in [0.4, 0.5) is 0 Å². The fourth-order valence-electron chi connectivity index (χ4n) is 2.24. The quantitative estimate of drug-likeness (QED) is 0.593. The number of amidine groups is 1. The summed E-state index contributed by atoms with van der Waals surface area (Å²) in [6, 6.07) is 0.587. The van der Waals surface area contributed by atoms with Crippen LogP contribution in [0.3, 0.4) is 0 Å². The van der Waals surface area contributed by atoms with Crippen molar-refractivity contribution in [3.63, 3.8) is 0 Å². The lowest BCUT2D eigenvalue weighted by atomic mass is 9.98. The highest BCUT2D eigenvalue weighted by Gasteiger charge is 2.51. The van der Waals surface area contributed by atoms with Gasteiger partial charge in [-0.2, -0.15) is 0 Å². The molecule has 0 amide bonds. The molecule has 0 radical (unpaired) electrons. The molecule has 2 nitrogen and oxygen atoms in total. The third kappa shape index (κ3) is 1.24. The molecular weight excluding hydrogens is 160 g/mol. The van der Waals surface area contributed by atoms with Crippen molar-refractivity contribution in [1.82, 2.24) is 0 Å². The lowest BCUT2D eigenvalue weighted by Gasteiger charge is -2.13. The van der Waals surface area contributed by atoms with Crippen LogP contribution in [-0.4, -0.2) is 11.9 Å². The van der Waals surface area contributed by atoms with Crippen LogP contribution in [0, 0.1) is 17.8 Å². The van der Waals surface area contributed by atoms with E-state index < -0.39 is 0 Å². The minimum Gasteiger partial charge on any atom is -0.387 e. The van der Waals surface area contributed by atoms with Crippen molar-refractivity contribution in [3.8, 4) is 0 Å². The second-order valence-corrected chi connectivity index (χ2v) is 3.73. The van der Waals surface area contributed by atoms with Crippen LogP contribution in [-0.2, 0) is 0 Å². The molecule has 1 aliphatic carbocycles. The largest absolute Gasteiger partial charge is 0.387 e. The Morgan fingerprint density at radius 2 is 2.09 bits per heavy atom. The predicted molar refractivity (Wildman–Crippen MR) is 49.1 cm³/mol. The van der Waals surface area contributed by atoms with E-state index in [1.165, 1.54) is 0 Å². The summed E-state index contributed by atoms with van der Waals surface area (Å²) in [5, 5.41) is 0. The Bertz CT molecular complexity index is 191. The maximum atomic E-state index is 5.65. The Morgan fingerprint density at radius 1 is 1.45 bits per heavy atom. The van der Waals surface area contributed by atoms with Gasteiger partial charge in [0.25, 0.3) is 0 Å². The molecule has 64 valence electrons. The molecule has 2 aliphatic rings. The van der Waals surface area contributed by atoms with E-state index in [-0.39, 0.29) is 12.4 Å². The van der Waals surface area contributed by atoms with Crippen molar-refractivity contribution >= 4 is 18.2 Å². The molecule has 0 aromatic carbocycles. The molecule has 0 spiro atoms. The molecule has 2 unspecified atom stereocenters. The first-order valence-corrected chi connectivity index (χ1v) is 4.02. The van der Waals surface area contributed by atoms with E-state index in [0.717, 1.165) is 30.0 Å². The van der Waals surface area contributed by atoms with Crippen molar-refractivity contribution in [3.05, 3.63) is 0 Å². The number of halogens is 1. The molecule has 1 saturated carbocycles. The second-order valence-electron chi connectivity index (χ2n) is 3.73. The van der Waals surface area contributed by atoms with E-state index in [2.05, 4.69) is 18.8 Å². The third-order valence-electron chi connectivity index (χ3n) is 2.90. The molecule has 4 atom stereocenters. The predicted octanol–water partition coefficient (Wildman–Crippen LogP) is 1.44. The van der Waals surface area contributed by atoms with Gasteiger partial charge in [0.2, 0.25) is 0 Å². The Morgan fingerprint density at radius 3 is 2.64 bits per heavy atom. The van der Waals surface area contributed by atoms with Crippen LogP contribution in [0.15, 0.2) is 4.99 Å². The smallest absolute Gasteiger partial charge is 0.0943 e. The summed E-state index contributed by atoms with van der Waals surface area (Å²) in [5.41, 5.74) is 5.65. The zero-order valence-electron chi connectivity index (χ0n) is 6.95. The van der Waals surface area contributed by atoms with Crippen molar-refractivity contribution in [1.29, 1.82) is 0 Å². The van der Waals surface area contributed by atoms with E-state index in [1.807, 2.05) is 0 Å². The van der Waals surface area contributed by atoms with Gasteiger partial charge < -0.3 is 5.73 Å². The van der Waals surface area contributed by atoms with Gasteiger partial charge in [0.15, 0.2) is 0 Å². The fraction of sp³-hybridized carbons (Fsp3) is 0.875. The number of hydrogen-bond acceptors (Lipinski definition) is 2. The van der Waals surface area contributed by atoms with E-state index in [9.17, 15) is 0 Å². The standard InChI is InChI=1S/C8H14N2.ClH/c1-4-3-6(9)10-8-5(2)7(4)8;/h4-5,7-8H,3H2,1-2H3,(H2,9,10);1H/t4?,5?,7-,8-;/m1./s1. The number of nitrogens with zero attached hydrogens (tertiary/aromatic N) is 1. The molecule has 2 rings (SSSR count). The highest BCUT2D eigenvalue weighted by atomic mass is 35.5. The normalized spacial score (nSPS) is 46.9. The number of rotatable bonds is 0. The zero-order chi connectivity index (χ0) is 7.30.